The highest BCUT2D eigenvalue weighted by atomic mass is 16.5. The van der Waals surface area contributed by atoms with Gasteiger partial charge in [-0.25, -0.2) is 0 Å². The van der Waals surface area contributed by atoms with Gasteiger partial charge in [-0.3, -0.25) is 4.79 Å². The molecular formula is C14H24N2O3. The maximum absolute atomic E-state index is 11.7. The molecule has 0 unspecified atom stereocenters. The first-order valence-corrected chi connectivity index (χ1v) is 6.91. The summed E-state index contributed by atoms with van der Waals surface area (Å²) in [6, 6.07) is 0. The second-order valence-corrected chi connectivity index (χ2v) is 4.65. The van der Waals surface area contributed by atoms with Gasteiger partial charge in [-0.05, 0) is 26.7 Å². The van der Waals surface area contributed by atoms with Crippen LogP contribution in [0.5, 0.6) is 0 Å². The number of carbonyl (C=O) groups is 1. The van der Waals surface area contributed by atoms with Crippen molar-refractivity contribution in [2.24, 2.45) is 0 Å². The summed E-state index contributed by atoms with van der Waals surface area (Å²) in [5.74, 6) is 0.721. The molecule has 0 radical (unpaired) electrons. The van der Waals surface area contributed by atoms with Crippen molar-refractivity contribution < 1.29 is 14.1 Å². The first-order valence-electron chi connectivity index (χ1n) is 6.91. The van der Waals surface area contributed by atoms with Gasteiger partial charge >= 0.3 is 0 Å². The van der Waals surface area contributed by atoms with Crippen LogP contribution in [0.2, 0.25) is 0 Å². The minimum absolute atomic E-state index is 0.00274. The lowest BCUT2D eigenvalue weighted by atomic mass is 10.1. The summed E-state index contributed by atoms with van der Waals surface area (Å²) in [4.78, 5) is 11.7. The van der Waals surface area contributed by atoms with Gasteiger partial charge < -0.3 is 14.6 Å². The molecule has 0 bridgehead atoms. The Kier molecular flexibility index (Phi) is 7.18. The van der Waals surface area contributed by atoms with Crippen LogP contribution in [0.15, 0.2) is 4.52 Å². The van der Waals surface area contributed by atoms with Gasteiger partial charge in [-0.2, -0.15) is 0 Å². The third-order valence-electron chi connectivity index (χ3n) is 2.95. The number of nitrogens with zero attached hydrogens (tertiary/aromatic N) is 1. The number of nitrogens with one attached hydrogen (secondary N) is 1. The molecule has 0 saturated carbocycles. The topological polar surface area (TPSA) is 64.4 Å². The predicted octanol–water partition coefficient (Wildman–Crippen LogP) is 2.16. The number of hydrogen-bond acceptors (Lipinski definition) is 4. The van der Waals surface area contributed by atoms with Crippen molar-refractivity contribution in [2.45, 2.75) is 46.5 Å². The Morgan fingerprint density at radius 1 is 1.32 bits per heavy atom. The molecule has 1 heterocycles. The molecule has 19 heavy (non-hydrogen) atoms. The first kappa shape index (κ1) is 15.7. The van der Waals surface area contributed by atoms with Crippen molar-refractivity contribution in [2.75, 3.05) is 19.8 Å². The third-order valence-corrected chi connectivity index (χ3v) is 2.95. The summed E-state index contributed by atoms with van der Waals surface area (Å²) < 4.78 is 10.5. The molecule has 0 atom stereocenters. The van der Waals surface area contributed by atoms with E-state index < -0.39 is 0 Å². The van der Waals surface area contributed by atoms with Crippen LogP contribution >= 0.6 is 0 Å². The van der Waals surface area contributed by atoms with Crippen LogP contribution in [0.3, 0.4) is 0 Å². The molecule has 5 nitrogen and oxygen atoms in total. The Morgan fingerprint density at radius 3 is 2.68 bits per heavy atom. The van der Waals surface area contributed by atoms with E-state index in [4.69, 9.17) is 9.26 Å². The summed E-state index contributed by atoms with van der Waals surface area (Å²) >= 11 is 0. The van der Waals surface area contributed by atoms with Gasteiger partial charge in [0, 0.05) is 25.3 Å². The Bertz CT molecular complexity index is 369. The lowest BCUT2D eigenvalue weighted by molar-refractivity contribution is -0.120. The van der Waals surface area contributed by atoms with Gasteiger partial charge in [0.25, 0.3) is 0 Å². The quantitative estimate of drug-likeness (QED) is 0.697. The molecule has 0 fully saturated rings. The largest absolute Gasteiger partial charge is 0.381 e. The monoisotopic (exact) mass is 268 g/mol. The number of aryl methyl sites for hydroxylation is 2. The standard InChI is InChI=1S/C14H24N2O3/c1-4-5-8-18-9-6-7-15-14(17)10-13-11(2)16-19-12(13)3/h4-10H2,1-3H3,(H,15,17). The minimum Gasteiger partial charge on any atom is -0.381 e. The van der Waals surface area contributed by atoms with Gasteiger partial charge in [0.1, 0.15) is 5.76 Å². The normalized spacial score (nSPS) is 10.7. The van der Waals surface area contributed by atoms with E-state index in [-0.39, 0.29) is 5.91 Å². The number of aromatic nitrogens is 1. The highest BCUT2D eigenvalue weighted by Crippen LogP contribution is 2.12. The number of rotatable bonds is 9. The fraction of sp³-hybridized carbons (Fsp3) is 0.714. The molecule has 0 aliphatic rings. The molecule has 0 aromatic carbocycles. The van der Waals surface area contributed by atoms with Crippen molar-refractivity contribution in [3.63, 3.8) is 0 Å². The summed E-state index contributed by atoms with van der Waals surface area (Å²) in [6.07, 6.45) is 3.42. The minimum atomic E-state index is 0.00274. The highest BCUT2D eigenvalue weighted by molar-refractivity contribution is 5.78. The number of hydrogen-bond donors (Lipinski definition) is 1. The van der Waals surface area contributed by atoms with E-state index in [1.165, 1.54) is 0 Å². The van der Waals surface area contributed by atoms with E-state index in [9.17, 15) is 4.79 Å². The van der Waals surface area contributed by atoms with Gasteiger partial charge in [0.2, 0.25) is 5.91 Å². The second kappa shape index (κ2) is 8.69. The number of carbonyl (C=O) groups excluding carboxylic acids is 1. The van der Waals surface area contributed by atoms with E-state index in [1.807, 2.05) is 13.8 Å². The molecule has 1 aromatic heterocycles. The molecule has 0 saturated heterocycles. The Morgan fingerprint density at radius 2 is 2.05 bits per heavy atom. The van der Waals surface area contributed by atoms with Gasteiger partial charge in [0.05, 0.1) is 12.1 Å². The van der Waals surface area contributed by atoms with Crippen molar-refractivity contribution in [1.82, 2.24) is 10.5 Å². The molecule has 1 N–H and O–H groups in total. The van der Waals surface area contributed by atoms with Crippen LogP contribution < -0.4 is 5.32 Å². The van der Waals surface area contributed by atoms with E-state index in [2.05, 4.69) is 17.4 Å². The number of ether oxygens (including phenoxy) is 1. The maximum Gasteiger partial charge on any atom is 0.224 e. The molecule has 0 aliphatic carbocycles. The van der Waals surface area contributed by atoms with Gasteiger partial charge in [0.15, 0.2) is 0 Å². The zero-order chi connectivity index (χ0) is 14.1. The molecule has 108 valence electrons. The highest BCUT2D eigenvalue weighted by Gasteiger charge is 2.12. The van der Waals surface area contributed by atoms with Crippen LogP contribution in [-0.4, -0.2) is 30.8 Å². The maximum atomic E-state index is 11.7. The fourth-order valence-corrected chi connectivity index (χ4v) is 1.73. The lowest BCUT2D eigenvalue weighted by Crippen LogP contribution is -2.27. The molecule has 1 amide bonds. The molecular weight excluding hydrogens is 244 g/mol. The average molecular weight is 268 g/mol. The number of unbranched alkanes of at least 4 members (excludes halogenated alkanes) is 1. The first-order chi connectivity index (χ1) is 9.15. The lowest BCUT2D eigenvalue weighted by Gasteiger charge is -2.06. The summed E-state index contributed by atoms with van der Waals surface area (Å²) in [7, 11) is 0. The number of amides is 1. The van der Waals surface area contributed by atoms with Crippen molar-refractivity contribution >= 4 is 5.91 Å². The van der Waals surface area contributed by atoms with Crippen LogP contribution in [0.25, 0.3) is 0 Å². The van der Waals surface area contributed by atoms with Crippen LogP contribution in [-0.2, 0) is 16.0 Å². The van der Waals surface area contributed by atoms with E-state index in [0.717, 1.165) is 42.9 Å². The predicted molar refractivity (Wildman–Crippen MR) is 73.0 cm³/mol. The summed E-state index contributed by atoms with van der Waals surface area (Å²) in [6.45, 7) is 7.96. The average Bonchev–Trinajstić information content (AvgIpc) is 2.69. The molecule has 0 spiro atoms. The molecule has 1 aromatic rings. The third kappa shape index (κ3) is 5.87. The van der Waals surface area contributed by atoms with Gasteiger partial charge in [-0.15, -0.1) is 0 Å². The van der Waals surface area contributed by atoms with Crippen molar-refractivity contribution in [3.05, 3.63) is 17.0 Å². The van der Waals surface area contributed by atoms with Crippen molar-refractivity contribution in [1.29, 1.82) is 0 Å². The van der Waals surface area contributed by atoms with E-state index in [1.54, 1.807) is 0 Å². The smallest absolute Gasteiger partial charge is 0.224 e. The molecule has 1 rings (SSSR count). The Balaban J connectivity index is 2.12. The Labute approximate surface area is 114 Å². The van der Waals surface area contributed by atoms with Crippen LogP contribution in [0.1, 0.15) is 43.2 Å². The molecule has 5 heteroatoms. The zero-order valence-corrected chi connectivity index (χ0v) is 12.1. The van der Waals surface area contributed by atoms with Crippen molar-refractivity contribution in [3.8, 4) is 0 Å². The SMILES string of the molecule is CCCCOCCCNC(=O)Cc1c(C)noc1C. The van der Waals surface area contributed by atoms with E-state index in [0.29, 0.717) is 19.6 Å². The summed E-state index contributed by atoms with van der Waals surface area (Å²) in [5.41, 5.74) is 1.67. The van der Waals surface area contributed by atoms with Crippen LogP contribution in [0.4, 0.5) is 0 Å². The zero-order valence-electron chi connectivity index (χ0n) is 12.1. The van der Waals surface area contributed by atoms with Gasteiger partial charge in [-0.1, -0.05) is 18.5 Å². The van der Waals surface area contributed by atoms with E-state index >= 15 is 0 Å². The molecule has 0 aliphatic heterocycles. The second-order valence-electron chi connectivity index (χ2n) is 4.65. The Hall–Kier alpha value is -1.36. The summed E-state index contributed by atoms with van der Waals surface area (Å²) in [5, 5.41) is 6.71. The van der Waals surface area contributed by atoms with Crippen LogP contribution in [0, 0.1) is 13.8 Å². The fourth-order valence-electron chi connectivity index (χ4n) is 1.73.